The molecule has 4 heterocycles. The molecule has 0 spiro atoms. The number of carbonyl (C=O) groups excluding carboxylic acids is 2. The lowest BCUT2D eigenvalue weighted by Gasteiger charge is -2.50. The van der Waals surface area contributed by atoms with Gasteiger partial charge in [0.1, 0.15) is 12.3 Å². The van der Waals surface area contributed by atoms with Gasteiger partial charge in [-0.05, 0) is 43.9 Å². The van der Waals surface area contributed by atoms with Gasteiger partial charge in [0.05, 0.1) is 30.2 Å². The van der Waals surface area contributed by atoms with Crippen molar-refractivity contribution >= 4 is 18.0 Å². The van der Waals surface area contributed by atoms with Crippen LogP contribution in [-0.2, 0) is 9.59 Å². The molecular formula is C28H49F2N7O2. The summed E-state index contributed by atoms with van der Waals surface area (Å²) in [5.74, 6) is -1.04. The number of carbonyl (C=O) groups is 2. The van der Waals surface area contributed by atoms with Gasteiger partial charge in [-0.3, -0.25) is 19.5 Å². The van der Waals surface area contributed by atoms with Crippen LogP contribution in [0.25, 0.3) is 0 Å². The predicted octanol–water partition coefficient (Wildman–Crippen LogP) is 1.50. The van der Waals surface area contributed by atoms with E-state index in [4.69, 9.17) is 11.5 Å². The number of nitrogens with two attached hydrogens (primary N) is 2. The molecule has 8 atom stereocenters. The van der Waals surface area contributed by atoms with Crippen LogP contribution >= 0.6 is 0 Å². The van der Waals surface area contributed by atoms with Crippen LogP contribution in [0.3, 0.4) is 0 Å². The molecule has 3 saturated heterocycles. The zero-order chi connectivity index (χ0) is 28.2. The molecule has 0 radical (unpaired) electrons. The molecule has 6 N–H and O–H groups in total. The number of hydrogen-bond acceptors (Lipinski definition) is 7. The molecule has 7 unspecified atom stereocenters. The first-order valence-electron chi connectivity index (χ1n) is 15.0. The van der Waals surface area contributed by atoms with E-state index in [9.17, 15) is 14.0 Å². The zero-order valence-corrected chi connectivity index (χ0v) is 23.7. The minimum atomic E-state index is -1.18. The highest BCUT2D eigenvalue weighted by molar-refractivity contribution is 5.81. The first-order chi connectivity index (χ1) is 18.7. The van der Waals surface area contributed by atoms with Crippen molar-refractivity contribution in [2.45, 2.75) is 114 Å². The van der Waals surface area contributed by atoms with Crippen molar-refractivity contribution in [3.63, 3.8) is 0 Å². The van der Waals surface area contributed by atoms with Gasteiger partial charge in [-0.15, -0.1) is 0 Å². The third-order valence-electron chi connectivity index (χ3n) is 9.69. The molecule has 9 nitrogen and oxygen atoms in total. The van der Waals surface area contributed by atoms with Gasteiger partial charge in [-0.25, -0.2) is 8.78 Å². The fourth-order valence-electron chi connectivity index (χ4n) is 7.53. The molecular weight excluding hydrogens is 504 g/mol. The van der Waals surface area contributed by atoms with E-state index in [2.05, 4.69) is 34.4 Å². The molecule has 11 heteroatoms. The lowest BCUT2D eigenvalue weighted by molar-refractivity contribution is -0.141. The van der Waals surface area contributed by atoms with E-state index >= 15 is 4.39 Å². The molecule has 0 bridgehead atoms. The van der Waals surface area contributed by atoms with Crippen molar-refractivity contribution < 1.29 is 18.4 Å². The summed E-state index contributed by atoms with van der Waals surface area (Å²) in [5, 5.41) is 6.20. The number of piperazine rings is 1. The lowest BCUT2D eigenvalue weighted by Crippen LogP contribution is -2.70. The molecule has 0 aromatic heterocycles. The number of halogens is 2. The van der Waals surface area contributed by atoms with E-state index in [0.717, 1.165) is 38.5 Å². The number of rotatable bonds is 8. The van der Waals surface area contributed by atoms with E-state index in [1.54, 1.807) is 0 Å². The number of aliphatic imine (C=N–C) groups is 1. The standard InChI is InChI=1S/C28H49F2N7O2/c1-3-9-28(4-2)10-8-18(29)14-34-21(13-28)24(26(31)32)27(39)35-22-16-33-15-20(30)25(22)36-11-12-37-19(17-36)6-5-7-23(37)38/h14,18-22,24-26,33H,3-13,15-17,31-32H2,1-2H3,(H,35,39)/t18?,19-,20?,21?,22?,24?,25?,28?/m1/s1. The summed E-state index contributed by atoms with van der Waals surface area (Å²) in [5.41, 5.74) is 12.3. The van der Waals surface area contributed by atoms with E-state index in [1.807, 2.05) is 4.90 Å². The van der Waals surface area contributed by atoms with Gasteiger partial charge in [0.25, 0.3) is 0 Å². The van der Waals surface area contributed by atoms with Crippen LogP contribution in [0.5, 0.6) is 0 Å². The molecule has 4 rings (SSSR count). The van der Waals surface area contributed by atoms with Crippen molar-refractivity contribution in [2.24, 2.45) is 27.8 Å². The Kier molecular flexibility index (Phi) is 10.3. The number of hydrogen-bond donors (Lipinski definition) is 4. The Morgan fingerprint density at radius 1 is 1.26 bits per heavy atom. The van der Waals surface area contributed by atoms with Crippen LogP contribution in [0, 0.1) is 11.3 Å². The molecule has 0 aromatic rings. The predicted molar refractivity (Wildman–Crippen MR) is 149 cm³/mol. The fraction of sp³-hybridized carbons (Fsp3) is 0.893. The maximum absolute atomic E-state index is 15.5. The smallest absolute Gasteiger partial charge is 0.228 e. The maximum Gasteiger partial charge on any atom is 0.228 e. The lowest BCUT2D eigenvalue weighted by atomic mass is 9.69. The third kappa shape index (κ3) is 6.97. The van der Waals surface area contributed by atoms with E-state index in [0.29, 0.717) is 45.4 Å². The van der Waals surface area contributed by atoms with Crippen molar-refractivity contribution in [3.05, 3.63) is 0 Å². The Morgan fingerprint density at radius 2 is 2.05 bits per heavy atom. The van der Waals surface area contributed by atoms with Gasteiger partial charge in [0.15, 0.2) is 0 Å². The van der Waals surface area contributed by atoms with Crippen LogP contribution in [0.2, 0.25) is 0 Å². The maximum atomic E-state index is 15.5. The van der Waals surface area contributed by atoms with Gasteiger partial charge >= 0.3 is 0 Å². The molecule has 222 valence electrons. The van der Waals surface area contributed by atoms with Crippen LogP contribution in [0.15, 0.2) is 4.99 Å². The monoisotopic (exact) mass is 553 g/mol. The normalized spacial score (nSPS) is 37.2. The number of nitrogens with zero attached hydrogens (tertiary/aromatic N) is 3. The summed E-state index contributed by atoms with van der Waals surface area (Å²) >= 11 is 0. The van der Waals surface area contributed by atoms with Crippen molar-refractivity contribution in [2.75, 3.05) is 32.7 Å². The Morgan fingerprint density at radius 3 is 2.77 bits per heavy atom. The van der Waals surface area contributed by atoms with E-state index < -0.39 is 42.6 Å². The molecule has 4 aliphatic rings. The second kappa shape index (κ2) is 13.3. The van der Waals surface area contributed by atoms with Gasteiger partial charge < -0.3 is 27.0 Å². The first-order valence-corrected chi connectivity index (χ1v) is 15.0. The van der Waals surface area contributed by atoms with Crippen molar-refractivity contribution in [3.8, 4) is 0 Å². The highest BCUT2D eigenvalue weighted by Gasteiger charge is 2.45. The second-order valence-electron chi connectivity index (χ2n) is 12.2. The SMILES string of the molecule is CCCC1(CC)CCC(F)C=NC(C(C(=O)NC2CNCC(F)C2N2CCN3C(=O)CCC[C@@H]3C2)C(N)N)C1. The van der Waals surface area contributed by atoms with Crippen molar-refractivity contribution in [1.82, 2.24) is 20.4 Å². The summed E-state index contributed by atoms with van der Waals surface area (Å²) in [7, 11) is 0. The number of amides is 2. The molecule has 0 aliphatic carbocycles. The summed E-state index contributed by atoms with van der Waals surface area (Å²) < 4.78 is 30.1. The summed E-state index contributed by atoms with van der Waals surface area (Å²) in [6.45, 7) is 6.61. The van der Waals surface area contributed by atoms with Crippen LogP contribution in [0.4, 0.5) is 8.78 Å². The first kappa shape index (κ1) is 30.3. The quantitative estimate of drug-likeness (QED) is 0.337. The highest BCUT2D eigenvalue weighted by Crippen LogP contribution is 2.42. The van der Waals surface area contributed by atoms with Gasteiger partial charge in [-0.2, -0.15) is 0 Å². The largest absolute Gasteiger partial charge is 0.350 e. The molecule has 39 heavy (non-hydrogen) atoms. The second-order valence-corrected chi connectivity index (χ2v) is 12.2. The Labute approximate surface area is 231 Å². The fourth-order valence-corrected chi connectivity index (χ4v) is 7.53. The van der Waals surface area contributed by atoms with Gasteiger partial charge in [0, 0.05) is 51.4 Å². The van der Waals surface area contributed by atoms with Gasteiger partial charge in [0.2, 0.25) is 11.8 Å². The van der Waals surface area contributed by atoms with Crippen molar-refractivity contribution in [1.29, 1.82) is 0 Å². The average Bonchev–Trinajstić information content (AvgIpc) is 2.89. The van der Waals surface area contributed by atoms with E-state index in [1.165, 1.54) is 6.21 Å². The summed E-state index contributed by atoms with van der Waals surface area (Å²) in [4.78, 5) is 34.8. The molecule has 4 aliphatic heterocycles. The number of nitrogens with one attached hydrogen (secondary N) is 2. The number of alkyl halides is 2. The van der Waals surface area contributed by atoms with Crippen LogP contribution < -0.4 is 22.1 Å². The van der Waals surface area contributed by atoms with Crippen LogP contribution in [-0.4, -0.2) is 103 Å². The Hall–Kier alpha value is -1.69. The van der Waals surface area contributed by atoms with Crippen LogP contribution in [0.1, 0.15) is 71.6 Å². The minimum absolute atomic E-state index is 0.0855. The minimum Gasteiger partial charge on any atom is -0.350 e. The Balaban J connectivity index is 1.52. The number of piperidine rings is 2. The average molecular weight is 554 g/mol. The number of fused-ring (bicyclic) bond motifs is 1. The van der Waals surface area contributed by atoms with E-state index in [-0.39, 0.29) is 29.8 Å². The van der Waals surface area contributed by atoms with Gasteiger partial charge in [-0.1, -0.05) is 26.7 Å². The Bertz CT molecular complexity index is 877. The summed E-state index contributed by atoms with van der Waals surface area (Å²) in [6.07, 6.45) is 4.82. The molecule has 3 fully saturated rings. The highest BCUT2D eigenvalue weighted by atomic mass is 19.1. The zero-order valence-electron chi connectivity index (χ0n) is 23.7. The molecule has 2 amide bonds. The third-order valence-corrected chi connectivity index (χ3v) is 9.69. The molecule has 0 aromatic carbocycles. The summed E-state index contributed by atoms with van der Waals surface area (Å²) in [6, 6.07) is -1.48. The molecule has 0 saturated carbocycles. The topological polar surface area (TPSA) is 129 Å².